The normalized spacial score (nSPS) is 25.6. The van der Waals surface area contributed by atoms with Gasteiger partial charge in [0.05, 0.1) is 0 Å². The second kappa shape index (κ2) is 5.18. The molecule has 0 saturated carbocycles. The SMILES string of the molecule is O=S(=O)(Cl)C12CC(CCc3cccs3)=CC=C1OCO2. The zero-order valence-corrected chi connectivity index (χ0v) is 12.9. The summed E-state index contributed by atoms with van der Waals surface area (Å²) in [5.41, 5.74) is 0.997. The van der Waals surface area contributed by atoms with Gasteiger partial charge in [-0.1, -0.05) is 17.7 Å². The second-order valence-corrected chi connectivity index (χ2v) is 8.50. The summed E-state index contributed by atoms with van der Waals surface area (Å²) in [7, 11) is 1.66. The smallest absolute Gasteiger partial charge is 0.270 e. The molecule has 0 amide bonds. The third kappa shape index (κ3) is 2.41. The first kappa shape index (κ1) is 14.1. The summed E-state index contributed by atoms with van der Waals surface area (Å²) in [4.78, 5) is -0.263. The molecule has 0 spiro atoms. The van der Waals surface area contributed by atoms with Crippen LogP contribution in [-0.4, -0.2) is 20.1 Å². The molecule has 0 N–H and O–H groups in total. The molecule has 1 atom stereocenters. The van der Waals surface area contributed by atoms with Crippen molar-refractivity contribution in [2.24, 2.45) is 0 Å². The molecule has 7 heteroatoms. The molecule has 3 rings (SSSR count). The quantitative estimate of drug-likeness (QED) is 0.795. The van der Waals surface area contributed by atoms with Gasteiger partial charge in [0, 0.05) is 22.0 Å². The summed E-state index contributed by atoms with van der Waals surface area (Å²) in [6.45, 7) is -0.0795. The van der Waals surface area contributed by atoms with Gasteiger partial charge in [-0.2, -0.15) is 0 Å². The van der Waals surface area contributed by atoms with Crippen molar-refractivity contribution in [3.05, 3.63) is 45.9 Å². The van der Waals surface area contributed by atoms with Crippen LogP contribution in [0, 0.1) is 0 Å². The first-order chi connectivity index (χ1) is 9.51. The molecule has 0 bridgehead atoms. The molecule has 108 valence electrons. The van der Waals surface area contributed by atoms with Gasteiger partial charge in [0.2, 0.25) is 4.93 Å². The van der Waals surface area contributed by atoms with Crippen molar-refractivity contribution in [3.8, 4) is 0 Å². The lowest BCUT2D eigenvalue weighted by Gasteiger charge is -2.27. The van der Waals surface area contributed by atoms with Crippen LogP contribution in [0.2, 0.25) is 0 Å². The Bertz CT molecular complexity index is 661. The van der Waals surface area contributed by atoms with Crippen molar-refractivity contribution < 1.29 is 17.9 Å². The molecule has 2 aliphatic rings. The molecule has 1 unspecified atom stereocenters. The van der Waals surface area contributed by atoms with Crippen LogP contribution < -0.4 is 0 Å². The zero-order valence-electron chi connectivity index (χ0n) is 10.5. The highest BCUT2D eigenvalue weighted by molar-refractivity contribution is 8.14. The van der Waals surface area contributed by atoms with Gasteiger partial charge < -0.3 is 9.47 Å². The number of rotatable bonds is 4. The maximum absolute atomic E-state index is 11.9. The zero-order chi connectivity index (χ0) is 14.2. The van der Waals surface area contributed by atoms with E-state index in [9.17, 15) is 8.42 Å². The highest BCUT2D eigenvalue weighted by atomic mass is 35.7. The summed E-state index contributed by atoms with van der Waals surface area (Å²) < 4.78 is 34.3. The van der Waals surface area contributed by atoms with E-state index in [4.69, 9.17) is 20.2 Å². The number of hydrogen-bond acceptors (Lipinski definition) is 5. The maximum atomic E-state index is 11.9. The van der Waals surface area contributed by atoms with Gasteiger partial charge in [-0.15, -0.1) is 11.3 Å². The van der Waals surface area contributed by atoms with E-state index < -0.39 is 14.0 Å². The van der Waals surface area contributed by atoms with E-state index >= 15 is 0 Å². The lowest BCUT2D eigenvalue weighted by atomic mass is 9.96. The second-order valence-electron chi connectivity index (χ2n) is 4.71. The van der Waals surface area contributed by atoms with Gasteiger partial charge in [-0.05, 0) is 30.4 Å². The topological polar surface area (TPSA) is 52.6 Å². The van der Waals surface area contributed by atoms with Gasteiger partial charge in [0.15, 0.2) is 6.79 Å². The van der Waals surface area contributed by atoms with Crippen LogP contribution in [0.25, 0.3) is 0 Å². The van der Waals surface area contributed by atoms with Crippen LogP contribution in [0.15, 0.2) is 41.0 Å². The van der Waals surface area contributed by atoms with E-state index in [1.54, 1.807) is 17.4 Å². The molecule has 1 aliphatic heterocycles. The van der Waals surface area contributed by atoms with Crippen molar-refractivity contribution in [1.29, 1.82) is 0 Å². The standard InChI is InChI=1S/C13H13ClO4S2/c14-20(15,16)13-8-10(3-5-11-2-1-7-19-11)4-6-12(13)17-9-18-13/h1-2,4,6-7H,3,5,8-9H2. The first-order valence-corrected chi connectivity index (χ1v) is 9.34. The molecule has 1 aromatic rings. The number of hydrogen-bond donors (Lipinski definition) is 0. The Labute approximate surface area is 126 Å². The molecule has 2 heterocycles. The van der Waals surface area contributed by atoms with Gasteiger partial charge in [0.1, 0.15) is 5.76 Å². The monoisotopic (exact) mass is 332 g/mol. The van der Waals surface area contributed by atoms with Gasteiger partial charge >= 0.3 is 0 Å². The van der Waals surface area contributed by atoms with Gasteiger partial charge in [-0.25, -0.2) is 8.42 Å². The fourth-order valence-corrected chi connectivity index (χ4v) is 4.57. The molecular formula is C13H13ClO4S2. The Balaban J connectivity index is 1.79. The third-order valence-electron chi connectivity index (χ3n) is 3.48. The molecule has 0 radical (unpaired) electrons. The van der Waals surface area contributed by atoms with E-state index in [0.717, 1.165) is 18.4 Å². The van der Waals surface area contributed by atoms with Crippen molar-refractivity contribution in [2.75, 3.05) is 6.79 Å². The molecule has 20 heavy (non-hydrogen) atoms. The highest BCUT2D eigenvalue weighted by Gasteiger charge is 2.54. The fourth-order valence-electron chi connectivity index (χ4n) is 2.42. The molecule has 1 aliphatic carbocycles. The van der Waals surface area contributed by atoms with Crippen molar-refractivity contribution >= 4 is 31.1 Å². The Morgan fingerprint density at radius 2 is 2.20 bits per heavy atom. The van der Waals surface area contributed by atoms with E-state index in [1.807, 2.05) is 17.5 Å². The molecular weight excluding hydrogens is 320 g/mol. The Kier molecular flexibility index (Phi) is 3.66. The number of aryl methyl sites for hydroxylation is 1. The average Bonchev–Trinajstić information content (AvgIpc) is 3.04. The average molecular weight is 333 g/mol. The summed E-state index contributed by atoms with van der Waals surface area (Å²) in [6, 6.07) is 4.07. The van der Waals surface area contributed by atoms with Crippen molar-refractivity contribution in [2.45, 2.75) is 24.2 Å². The third-order valence-corrected chi connectivity index (χ3v) is 6.41. The molecule has 1 aromatic heterocycles. The minimum atomic E-state index is -3.91. The lowest BCUT2D eigenvalue weighted by molar-refractivity contribution is 0.0329. The Morgan fingerprint density at radius 3 is 2.90 bits per heavy atom. The number of allylic oxidation sites excluding steroid dienone is 2. The van der Waals surface area contributed by atoms with E-state index in [1.165, 1.54) is 4.88 Å². The van der Waals surface area contributed by atoms with Crippen LogP contribution in [0.1, 0.15) is 17.7 Å². The first-order valence-electron chi connectivity index (χ1n) is 6.15. The van der Waals surface area contributed by atoms with Crippen molar-refractivity contribution in [1.82, 2.24) is 0 Å². The summed E-state index contributed by atoms with van der Waals surface area (Å²) in [5.74, 6) is 0.285. The van der Waals surface area contributed by atoms with E-state index in [2.05, 4.69) is 6.07 Å². The number of fused-ring (bicyclic) bond motifs is 1. The predicted octanol–water partition coefficient (Wildman–Crippen LogP) is 3.16. The Hall–Kier alpha value is -0.820. The summed E-state index contributed by atoms with van der Waals surface area (Å²) >= 11 is 1.69. The van der Waals surface area contributed by atoms with E-state index in [-0.39, 0.29) is 19.0 Å². The summed E-state index contributed by atoms with van der Waals surface area (Å²) in [6.07, 6.45) is 5.45. The maximum Gasteiger partial charge on any atom is 0.270 e. The van der Waals surface area contributed by atoms with Gasteiger partial charge in [0.25, 0.3) is 9.05 Å². The fraction of sp³-hybridized carbons (Fsp3) is 0.385. The number of ether oxygens (including phenoxy) is 2. The minimum absolute atomic E-state index is 0.0795. The van der Waals surface area contributed by atoms with E-state index in [0.29, 0.717) is 0 Å². The van der Waals surface area contributed by atoms with Crippen molar-refractivity contribution in [3.63, 3.8) is 0 Å². The largest absolute Gasteiger partial charge is 0.468 e. The molecule has 0 aromatic carbocycles. The number of halogens is 1. The van der Waals surface area contributed by atoms with Crippen LogP contribution in [0.4, 0.5) is 0 Å². The van der Waals surface area contributed by atoms with Crippen LogP contribution in [0.3, 0.4) is 0 Å². The minimum Gasteiger partial charge on any atom is -0.468 e. The highest BCUT2D eigenvalue weighted by Crippen LogP contribution is 2.44. The molecule has 4 nitrogen and oxygen atoms in total. The van der Waals surface area contributed by atoms with Crippen LogP contribution in [-0.2, 0) is 24.9 Å². The number of thiophene rings is 1. The molecule has 1 fully saturated rings. The predicted molar refractivity (Wildman–Crippen MR) is 78.0 cm³/mol. The van der Waals surface area contributed by atoms with Crippen LogP contribution >= 0.6 is 22.0 Å². The lowest BCUT2D eigenvalue weighted by Crippen LogP contribution is -2.38. The van der Waals surface area contributed by atoms with Crippen LogP contribution in [0.5, 0.6) is 0 Å². The Morgan fingerprint density at radius 1 is 1.35 bits per heavy atom. The van der Waals surface area contributed by atoms with Gasteiger partial charge in [-0.3, -0.25) is 0 Å². The summed E-state index contributed by atoms with van der Waals surface area (Å²) in [5, 5.41) is 2.03. The molecule has 1 saturated heterocycles.